The van der Waals surface area contributed by atoms with Crippen molar-refractivity contribution in [2.75, 3.05) is 36.1 Å². The smallest absolute Gasteiger partial charge is 0.229 e. The maximum absolute atomic E-state index is 14.7. The van der Waals surface area contributed by atoms with Crippen LogP contribution in [0.15, 0.2) is 36.7 Å². The van der Waals surface area contributed by atoms with Crippen molar-refractivity contribution in [3.8, 4) is 11.3 Å². The Balaban J connectivity index is 1.34. The lowest BCUT2D eigenvalue weighted by molar-refractivity contribution is 0.427. The van der Waals surface area contributed by atoms with E-state index in [2.05, 4.69) is 41.1 Å². The number of fused-ring (bicyclic) bond motifs is 1. The van der Waals surface area contributed by atoms with Crippen LogP contribution in [0.2, 0.25) is 0 Å². The van der Waals surface area contributed by atoms with Crippen molar-refractivity contribution in [1.82, 2.24) is 25.2 Å². The molecular formula is C24H28F2N8. The fraction of sp³-hybridized carbons (Fsp3) is 0.375. The lowest BCUT2D eigenvalue weighted by Crippen LogP contribution is -2.22. The van der Waals surface area contributed by atoms with E-state index in [9.17, 15) is 8.78 Å². The van der Waals surface area contributed by atoms with Gasteiger partial charge in [0.05, 0.1) is 17.6 Å². The van der Waals surface area contributed by atoms with Gasteiger partial charge in [-0.2, -0.15) is 0 Å². The molecule has 0 radical (unpaired) electrons. The minimum absolute atomic E-state index is 0.00385. The molecule has 2 saturated heterocycles. The summed E-state index contributed by atoms with van der Waals surface area (Å²) >= 11 is 0. The summed E-state index contributed by atoms with van der Waals surface area (Å²) in [5.41, 5.74) is 2.29. The van der Waals surface area contributed by atoms with E-state index in [1.807, 2.05) is 32.2 Å². The molecule has 0 amide bonds. The number of hydrogen-bond donors (Lipinski definition) is 4. The molecule has 178 valence electrons. The van der Waals surface area contributed by atoms with Gasteiger partial charge in [-0.25, -0.2) is 23.7 Å². The third-order valence-electron chi connectivity index (χ3n) is 6.15. The van der Waals surface area contributed by atoms with Crippen molar-refractivity contribution < 1.29 is 8.78 Å². The molecule has 34 heavy (non-hydrogen) atoms. The van der Waals surface area contributed by atoms with Crippen molar-refractivity contribution in [3.05, 3.63) is 53.9 Å². The third kappa shape index (κ3) is 4.51. The van der Waals surface area contributed by atoms with Crippen LogP contribution in [0, 0.1) is 11.6 Å². The topological polar surface area (TPSA) is 89.8 Å². The van der Waals surface area contributed by atoms with Crippen LogP contribution >= 0.6 is 0 Å². The summed E-state index contributed by atoms with van der Waals surface area (Å²) < 4.78 is 29.4. The van der Waals surface area contributed by atoms with Crippen molar-refractivity contribution >= 4 is 23.1 Å². The molecule has 2 atom stereocenters. The highest BCUT2D eigenvalue weighted by atomic mass is 19.1. The van der Waals surface area contributed by atoms with Gasteiger partial charge in [0, 0.05) is 56.6 Å². The number of halogens is 2. The standard InChI is InChI=1S/C24H28F2N8/c1-13(2)31-18-7-15(6-16(25)23(18)27-3)22-17(26)9-30-24(33-22)32-21-5-4-14(8-29-21)12-34-19-10-28-11-20(19)34/h4-9,13,19-20,27-28,31H,10-12H2,1-3H3,(H,29,30,32,33). The number of pyridine rings is 1. The van der Waals surface area contributed by atoms with Gasteiger partial charge in [0.2, 0.25) is 5.95 Å². The highest BCUT2D eigenvalue weighted by molar-refractivity contribution is 5.77. The van der Waals surface area contributed by atoms with Crippen molar-refractivity contribution in [3.63, 3.8) is 0 Å². The second-order valence-electron chi connectivity index (χ2n) is 8.96. The Labute approximate surface area is 197 Å². The SMILES string of the molecule is CNc1c(F)cc(-c2nc(Nc3ccc(CN4C5CNCC54)cn3)ncc2F)cc1NC(C)C. The van der Waals surface area contributed by atoms with E-state index in [-0.39, 0.29) is 17.7 Å². The monoisotopic (exact) mass is 466 g/mol. The average Bonchev–Trinajstić information content (AvgIpc) is 3.21. The highest BCUT2D eigenvalue weighted by Crippen LogP contribution is 2.34. The van der Waals surface area contributed by atoms with Gasteiger partial charge < -0.3 is 21.3 Å². The van der Waals surface area contributed by atoms with Crippen LogP contribution in [0.5, 0.6) is 0 Å². The van der Waals surface area contributed by atoms with Gasteiger partial charge in [-0.1, -0.05) is 6.07 Å². The molecule has 4 heterocycles. The maximum atomic E-state index is 14.7. The molecule has 0 bridgehead atoms. The predicted octanol–water partition coefficient (Wildman–Crippen LogP) is 3.58. The maximum Gasteiger partial charge on any atom is 0.229 e. The summed E-state index contributed by atoms with van der Waals surface area (Å²) in [5.74, 6) is -0.411. The third-order valence-corrected chi connectivity index (χ3v) is 6.15. The van der Waals surface area contributed by atoms with E-state index in [1.165, 1.54) is 6.07 Å². The molecule has 2 fully saturated rings. The van der Waals surface area contributed by atoms with Crippen LogP contribution in [0.4, 0.5) is 31.9 Å². The number of nitrogens with one attached hydrogen (secondary N) is 4. The first-order valence-electron chi connectivity index (χ1n) is 11.4. The minimum Gasteiger partial charge on any atom is -0.384 e. The fourth-order valence-corrected chi connectivity index (χ4v) is 4.48. The van der Waals surface area contributed by atoms with Crippen LogP contribution in [0.1, 0.15) is 19.4 Å². The molecule has 4 N–H and O–H groups in total. The Morgan fingerprint density at radius 2 is 1.88 bits per heavy atom. The van der Waals surface area contributed by atoms with Gasteiger partial charge >= 0.3 is 0 Å². The molecule has 1 aromatic carbocycles. The number of aromatic nitrogens is 3. The summed E-state index contributed by atoms with van der Waals surface area (Å²) in [7, 11) is 1.64. The molecule has 10 heteroatoms. The van der Waals surface area contributed by atoms with Crippen molar-refractivity contribution in [2.24, 2.45) is 0 Å². The predicted molar refractivity (Wildman–Crippen MR) is 129 cm³/mol. The van der Waals surface area contributed by atoms with Crippen molar-refractivity contribution in [2.45, 2.75) is 38.5 Å². The number of anilines is 4. The summed E-state index contributed by atoms with van der Waals surface area (Å²) in [6.07, 6.45) is 2.90. The first-order chi connectivity index (χ1) is 16.4. The van der Waals surface area contributed by atoms with Crippen LogP contribution in [-0.4, -0.2) is 58.1 Å². The van der Waals surface area contributed by atoms with Gasteiger partial charge in [-0.05, 0) is 37.6 Å². The zero-order chi connectivity index (χ0) is 23.8. The quantitative estimate of drug-likeness (QED) is 0.375. The van der Waals surface area contributed by atoms with Gasteiger partial charge in [-0.15, -0.1) is 0 Å². The van der Waals surface area contributed by atoms with Crippen LogP contribution in [-0.2, 0) is 6.54 Å². The van der Waals surface area contributed by atoms with E-state index in [1.54, 1.807) is 13.1 Å². The molecule has 2 unspecified atom stereocenters. The summed E-state index contributed by atoms with van der Waals surface area (Å²) in [6, 6.07) is 8.16. The molecule has 0 spiro atoms. The molecule has 2 aliphatic rings. The normalized spacial score (nSPS) is 20.8. The van der Waals surface area contributed by atoms with Crippen LogP contribution < -0.4 is 21.3 Å². The Bertz CT molecular complexity index is 1170. The van der Waals surface area contributed by atoms with E-state index >= 15 is 0 Å². The van der Waals surface area contributed by atoms with E-state index < -0.39 is 11.6 Å². The average molecular weight is 467 g/mol. The van der Waals surface area contributed by atoms with E-state index in [0.29, 0.717) is 34.8 Å². The molecule has 0 saturated carbocycles. The Hall–Kier alpha value is -3.37. The first-order valence-corrected chi connectivity index (χ1v) is 11.4. The fourth-order valence-electron chi connectivity index (χ4n) is 4.48. The highest BCUT2D eigenvalue weighted by Gasteiger charge is 2.50. The molecule has 2 aliphatic heterocycles. The summed E-state index contributed by atoms with van der Waals surface area (Å²) in [4.78, 5) is 15.2. The number of nitrogens with zero attached hydrogens (tertiary/aromatic N) is 4. The first kappa shape index (κ1) is 22.4. The van der Waals surface area contributed by atoms with Crippen molar-refractivity contribution in [1.29, 1.82) is 0 Å². The minimum atomic E-state index is -0.639. The van der Waals surface area contributed by atoms with E-state index in [0.717, 1.165) is 31.4 Å². The number of piperazine rings is 1. The largest absolute Gasteiger partial charge is 0.384 e. The lowest BCUT2D eigenvalue weighted by Gasteiger charge is -2.17. The molecule has 5 rings (SSSR count). The zero-order valence-corrected chi connectivity index (χ0v) is 19.4. The Morgan fingerprint density at radius 3 is 2.56 bits per heavy atom. The zero-order valence-electron chi connectivity index (χ0n) is 19.4. The second kappa shape index (κ2) is 9.11. The molecule has 8 nitrogen and oxygen atoms in total. The molecule has 0 aliphatic carbocycles. The summed E-state index contributed by atoms with van der Waals surface area (Å²) in [6.45, 7) is 6.88. The number of rotatable bonds is 8. The lowest BCUT2D eigenvalue weighted by atomic mass is 10.1. The second-order valence-corrected chi connectivity index (χ2v) is 8.96. The van der Waals surface area contributed by atoms with Gasteiger partial charge in [0.1, 0.15) is 17.3 Å². The number of hydrogen-bond acceptors (Lipinski definition) is 8. The molecular weight excluding hydrogens is 438 g/mol. The van der Waals surface area contributed by atoms with Crippen LogP contribution in [0.3, 0.4) is 0 Å². The Kier molecular flexibility index (Phi) is 6.01. The van der Waals surface area contributed by atoms with Crippen LogP contribution in [0.25, 0.3) is 11.3 Å². The molecule has 3 aromatic rings. The Morgan fingerprint density at radius 1 is 1.09 bits per heavy atom. The molecule has 2 aromatic heterocycles. The van der Waals surface area contributed by atoms with Gasteiger partial charge in [0.15, 0.2) is 5.82 Å². The number of benzene rings is 1. The van der Waals surface area contributed by atoms with E-state index in [4.69, 9.17) is 0 Å². The van der Waals surface area contributed by atoms with Gasteiger partial charge in [-0.3, -0.25) is 4.90 Å². The summed E-state index contributed by atoms with van der Waals surface area (Å²) in [5, 5.41) is 12.4. The van der Waals surface area contributed by atoms with Gasteiger partial charge in [0.25, 0.3) is 0 Å².